The Morgan fingerprint density at radius 2 is 1.53 bits per heavy atom. The van der Waals surface area contributed by atoms with Crippen LogP contribution >= 0.6 is 11.8 Å². The molecule has 4 rings (SSSR count). The van der Waals surface area contributed by atoms with Crippen LogP contribution in [-0.2, 0) is 32.3 Å². The van der Waals surface area contributed by atoms with E-state index in [4.69, 9.17) is 9.47 Å². The SMILES string of the molecule is CC1(C)S[C@@H]2[C@@H](CNC(=O)OCc3ccccc3)C(=O)N2[C@H]1C(=O)OCc1ccccc1. The Morgan fingerprint density at radius 3 is 2.12 bits per heavy atom. The number of benzene rings is 2. The molecule has 2 heterocycles. The maximum atomic E-state index is 12.8. The van der Waals surface area contributed by atoms with Crippen molar-refractivity contribution < 1.29 is 23.9 Å². The number of alkyl carbamates (subject to hydrolysis) is 1. The van der Waals surface area contributed by atoms with E-state index in [9.17, 15) is 14.4 Å². The Bertz CT molecular complexity index is 982. The summed E-state index contributed by atoms with van der Waals surface area (Å²) in [6, 6.07) is 18.2. The van der Waals surface area contributed by atoms with Crippen LogP contribution in [0.3, 0.4) is 0 Å². The topological polar surface area (TPSA) is 84.9 Å². The molecule has 0 spiro atoms. The van der Waals surface area contributed by atoms with Crippen LogP contribution in [0.2, 0.25) is 0 Å². The number of β-lactam (4-membered cyclic amide) rings is 1. The van der Waals surface area contributed by atoms with Gasteiger partial charge >= 0.3 is 12.1 Å². The zero-order chi connectivity index (χ0) is 22.7. The maximum Gasteiger partial charge on any atom is 0.407 e. The smallest absolute Gasteiger partial charge is 0.407 e. The zero-order valence-electron chi connectivity index (χ0n) is 18.0. The van der Waals surface area contributed by atoms with Crippen LogP contribution in [0.15, 0.2) is 60.7 Å². The van der Waals surface area contributed by atoms with Gasteiger partial charge in [-0.15, -0.1) is 11.8 Å². The van der Waals surface area contributed by atoms with Crippen molar-refractivity contribution in [3.63, 3.8) is 0 Å². The van der Waals surface area contributed by atoms with Gasteiger partial charge < -0.3 is 19.7 Å². The van der Waals surface area contributed by atoms with Crippen molar-refractivity contribution in [2.75, 3.05) is 6.54 Å². The van der Waals surface area contributed by atoms with Crippen molar-refractivity contribution in [1.29, 1.82) is 0 Å². The lowest BCUT2D eigenvalue weighted by Crippen LogP contribution is -2.65. The highest BCUT2D eigenvalue weighted by Gasteiger charge is 2.63. The maximum absolute atomic E-state index is 12.8. The molecule has 2 aromatic carbocycles. The van der Waals surface area contributed by atoms with E-state index in [0.717, 1.165) is 11.1 Å². The van der Waals surface area contributed by atoms with E-state index < -0.39 is 28.8 Å². The number of carbonyl (C=O) groups is 3. The van der Waals surface area contributed by atoms with E-state index in [0.29, 0.717) is 0 Å². The molecule has 2 aliphatic rings. The van der Waals surface area contributed by atoms with Gasteiger partial charge in [-0.3, -0.25) is 4.79 Å². The molecule has 0 radical (unpaired) electrons. The fraction of sp³-hybridized carbons (Fsp3) is 0.375. The lowest BCUT2D eigenvalue weighted by molar-refractivity contribution is -0.167. The van der Waals surface area contributed by atoms with Gasteiger partial charge in [0.25, 0.3) is 0 Å². The molecule has 3 atom stereocenters. The second-order valence-corrected chi connectivity index (χ2v) is 10.2. The highest BCUT2D eigenvalue weighted by atomic mass is 32.2. The van der Waals surface area contributed by atoms with Crippen molar-refractivity contribution in [3.05, 3.63) is 71.8 Å². The summed E-state index contributed by atoms with van der Waals surface area (Å²) in [6.07, 6.45) is -0.568. The molecule has 0 aliphatic carbocycles. The van der Waals surface area contributed by atoms with Crippen molar-refractivity contribution in [2.24, 2.45) is 5.92 Å². The zero-order valence-corrected chi connectivity index (χ0v) is 18.8. The Hall–Kier alpha value is -3.00. The van der Waals surface area contributed by atoms with Gasteiger partial charge in [0.05, 0.1) is 11.3 Å². The Kier molecular flexibility index (Phi) is 6.41. The van der Waals surface area contributed by atoms with Crippen LogP contribution < -0.4 is 5.32 Å². The van der Waals surface area contributed by atoms with Gasteiger partial charge in [-0.2, -0.15) is 0 Å². The number of fused-ring (bicyclic) bond motifs is 1. The second kappa shape index (κ2) is 9.24. The number of hydrogen-bond acceptors (Lipinski definition) is 6. The summed E-state index contributed by atoms with van der Waals surface area (Å²) in [6.45, 7) is 4.38. The molecule has 2 fully saturated rings. The van der Waals surface area contributed by atoms with Gasteiger partial charge in [0.1, 0.15) is 19.3 Å². The number of ether oxygens (including phenoxy) is 2. The van der Waals surface area contributed by atoms with Gasteiger partial charge in [0.2, 0.25) is 5.91 Å². The summed E-state index contributed by atoms with van der Waals surface area (Å²) in [4.78, 5) is 39.3. The molecule has 2 aliphatic heterocycles. The van der Waals surface area contributed by atoms with Crippen molar-refractivity contribution in [1.82, 2.24) is 10.2 Å². The number of hydrogen-bond donors (Lipinski definition) is 1. The van der Waals surface area contributed by atoms with Gasteiger partial charge in [0.15, 0.2) is 0 Å². The monoisotopic (exact) mass is 454 g/mol. The lowest BCUT2D eigenvalue weighted by Gasteiger charge is -2.43. The summed E-state index contributed by atoms with van der Waals surface area (Å²) in [5.74, 6) is -0.954. The first-order valence-electron chi connectivity index (χ1n) is 10.5. The van der Waals surface area contributed by atoms with Gasteiger partial charge in [0, 0.05) is 11.3 Å². The Balaban J connectivity index is 1.29. The van der Waals surface area contributed by atoms with Crippen LogP contribution in [0, 0.1) is 5.92 Å². The van der Waals surface area contributed by atoms with E-state index in [1.807, 2.05) is 74.5 Å². The van der Waals surface area contributed by atoms with E-state index >= 15 is 0 Å². The van der Waals surface area contributed by atoms with Crippen molar-refractivity contribution in [2.45, 2.75) is 43.2 Å². The Labute approximate surface area is 191 Å². The molecule has 2 aromatic rings. The molecule has 0 bridgehead atoms. The fourth-order valence-electron chi connectivity index (χ4n) is 4.03. The summed E-state index contributed by atoms with van der Waals surface area (Å²) >= 11 is 1.56. The summed E-state index contributed by atoms with van der Waals surface area (Å²) < 4.78 is 10.2. The number of esters is 1. The number of carbonyl (C=O) groups excluding carboxylic acids is 3. The summed E-state index contributed by atoms with van der Waals surface area (Å²) in [5, 5.41) is 2.50. The Morgan fingerprint density at radius 1 is 0.969 bits per heavy atom. The van der Waals surface area contributed by atoms with Crippen LogP contribution in [-0.4, -0.2) is 45.6 Å². The molecule has 2 saturated heterocycles. The highest BCUT2D eigenvalue weighted by molar-refractivity contribution is 8.01. The number of thioether (sulfide) groups is 1. The average Bonchev–Trinajstić information content (AvgIpc) is 3.05. The lowest BCUT2D eigenvalue weighted by atomic mass is 9.91. The second-order valence-electron chi connectivity index (χ2n) is 8.40. The molecule has 1 N–H and O–H groups in total. The van der Waals surface area contributed by atoms with Gasteiger partial charge in [-0.1, -0.05) is 60.7 Å². The first kappa shape index (κ1) is 22.2. The third kappa shape index (κ3) is 4.60. The molecule has 168 valence electrons. The van der Waals surface area contributed by atoms with Gasteiger partial charge in [-0.05, 0) is 25.0 Å². The first-order chi connectivity index (χ1) is 15.4. The summed E-state index contributed by atoms with van der Waals surface area (Å²) in [5.41, 5.74) is 1.78. The molecule has 8 heteroatoms. The molecular weight excluding hydrogens is 428 g/mol. The third-order valence-electron chi connectivity index (χ3n) is 5.68. The molecule has 0 saturated carbocycles. The minimum atomic E-state index is -0.657. The number of nitrogens with one attached hydrogen (secondary N) is 1. The van der Waals surface area contributed by atoms with Crippen molar-refractivity contribution in [3.8, 4) is 0 Å². The van der Waals surface area contributed by atoms with Crippen LogP contribution in [0.25, 0.3) is 0 Å². The molecular formula is C24H26N2O5S. The average molecular weight is 455 g/mol. The number of nitrogens with zero attached hydrogens (tertiary/aromatic N) is 1. The standard InChI is InChI=1S/C24H26N2O5S/c1-24(2)19(22(28)30-14-16-9-5-3-6-10-16)26-20(27)18(21(26)32-24)13-25-23(29)31-15-17-11-7-4-8-12-17/h3-12,18-19,21H,13-15H2,1-2H3,(H,25,29)/t18-,19-,21+/m0/s1. The first-order valence-corrected chi connectivity index (χ1v) is 11.4. The van der Waals surface area contributed by atoms with E-state index in [1.54, 1.807) is 16.7 Å². The highest BCUT2D eigenvalue weighted by Crippen LogP contribution is 2.53. The molecule has 0 aromatic heterocycles. The summed E-state index contributed by atoms with van der Waals surface area (Å²) in [7, 11) is 0. The van der Waals surface area contributed by atoms with Crippen LogP contribution in [0.4, 0.5) is 4.79 Å². The van der Waals surface area contributed by atoms with Crippen LogP contribution in [0.1, 0.15) is 25.0 Å². The third-order valence-corrected chi connectivity index (χ3v) is 7.31. The fourth-order valence-corrected chi connectivity index (χ4v) is 5.71. The number of rotatable bonds is 7. The molecule has 32 heavy (non-hydrogen) atoms. The van der Waals surface area contributed by atoms with Crippen LogP contribution in [0.5, 0.6) is 0 Å². The van der Waals surface area contributed by atoms with E-state index in [-0.39, 0.29) is 31.0 Å². The molecule has 0 unspecified atom stereocenters. The number of amides is 2. The molecule has 2 amide bonds. The minimum absolute atomic E-state index is 0.155. The van der Waals surface area contributed by atoms with Crippen molar-refractivity contribution >= 4 is 29.7 Å². The predicted molar refractivity (Wildman–Crippen MR) is 120 cm³/mol. The van der Waals surface area contributed by atoms with Gasteiger partial charge in [-0.25, -0.2) is 9.59 Å². The largest absolute Gasteiger partial charge is 0.459 e. The normalized spacial score (nSPS) is 23.1. The minimum Gasteiger partial charge on any atom is -0.459 e. The predicted octanol–water partition coefficient (Wildman–Crippen LogP) is 3.33. The van der Waals surface area contributed by atoms with E-state index in [1.165, 1.54) is 0 Å². The molecule has 7 nitrogen and oxygen atoms in total. The van der Waals surface area contributed by atoms with E-state index in [2.05, 4.69) is 5.32 Å². The quantitative estimate of drug-likeness (QED) is 0.510.